The van der Waals surface area contributed by atoms with Crippen molar-refractivity contribution in [1.82, 2.24) is 4.72 Å². The van der Waals surface area contributed by atoms with Gasteiger partial charge in [0.15, 0.2) is 5.78 Å². The van der Waals surface area contributed by atoms with Crippen molar-refractivity contribution in [2.24, 2.45) is 11.3 Å². The highest BCUT2D eigenvalue weighted by Gasteiger charge is 2.56. The summed E-state index contributed by atoms with van der Waals surface area (Å²) in [6.07, 6.45) is -0.531. The van der Waals surface area contributed by atoms with Gasteiger partial charge in [-0.1, -0.05) is 38.1 Å². The van der Waals surface area contributed by atoms with Gasteiger partial charge in [-0.25, -0.2) is 13.1 Å². The highest BCUT2D eigenvalue weighted by atomic mass is 32.2. The van der Waals surface area contributed by atoms with E-state index in [1.807, 2.05) is 0 Å². The van der Waals surface area contributed by atoms with E-state index in [9.17, 15) is 31.2 Å². The fourth-order valence-electron chi connectivity index (χ4n) is 3.40. The number of esters is 1. The van der Waals surface area contributed by atoms with Gasteiger partial charge >= 0.3 is 21.5 Å². The maximum absolute atomic E-state index is 13.3. The molecule has 0 spiro atoms. The number of hydrogen-bond acceptors (Lipinski definition) is 5. The van der Waals surface area contributed by atoms with Crippen LogP contribution in [0.25, 0.3) is 0 Å². The summed E-state index contributed by atoms with van der Waals surface area (Å²) in [4.78, 5) is 26.4. The molecular formula is C20H26F3NO5S. The number of ketones is 1. The van der Waals surface area contributed by atoms with E-state index in [1.165, 1.54) is 19.9 Å². The normalized spacial score (nSPS) is 20.9. The molecule has 10 heteroatoms. The molecule has 1 N–H and O–H groups in total. The lowest BCUT2D eigenvalue weighted by atomic mass is 9.75. The second kappa shape index (κ2) is 7.96. The van der Waals surface area contributed by atoms with Gasteiger partial charge in [0.2, 0.25) is 0 Å². The Labute approximate surface area is 174 Å². The Morgan fingerprint density at radius 2 is 1.77 bits per heavy atom. The summed E-state index contributed by atoms with van der Waals surface area (Å²) in [6.45, 7) is 7.85. The molecule has 0 heterocycles. The quantitative estimate of drug-likeness (QED) is 0.529. The highest BCUT2D eigenvalue weighted by Crippen LogP contribution is 2.43. The zero-order valence-electron chi connectivity index (χ0n) is 17.5. The molecule has 1 aliphatic rings. The van der Waals surface area contributed by atoms with E-state index in [0.717, 1.165) is 0 Å². The van der Waals surface area contributed by atoms with Crippen LogP contribution in [-0.4, -0.2) is 37.3 Å². The SMILES string of the molecule is CC(C)[C@@H](C[C@@]1(C(=O)OC(C)(C)C)Cc2ccccc2C1=O)NS(=O)(=O)C(F)(F)F. The summed E-state index contributed by atoms with van der Waals surface area (Å²) in [5, 5.41) is 0. The predicted octanol–water partition coefficient (Wildman–Crippen LogP) is 3.61. The average Bonchev–Trinajstić information content (AvgIpc) is 2.85. The Bertz CT molecular complexity index is 934. The number of alkyl halides is 3. The lowest BCUT2D eigenvalue weighted by Crippen LogP contribution is -2.51. The summed E-state index contributed by atoms with van der Waals surface area (Å²) >= 11 is 0. The second-order valence-electron chi connectivity index (χ2n) is 8.87. The van der Waals surface area contributed by atoms with E-state index in [-0.39, 0.29) is 12.0 Å². The van der Waals surface area contributed by atoms with Gasteiger partial charge in [-0.15, -0.1) is 0 Å². The summed E-state index contributed by atoms with van der Waals surface area (Å²) in [7, 11) is -5.67. The molecule has 1 aliphatic carbocycles. The number of nitrogens with one attached hydrogen (secondary N) is 1. The molecule has 0 unspecified atom stereocenters. The van der Waals surface area contributed by atoms with Crippen molar-refractivity contribution in [1.29, 1.82) is 0 Å². The number of carbonyl (C=O) groups is 2. The number of ether oxygens (including phenoxy) is 1. The third kappa shape index (κ3) is 4.85. The molecule has 6 nitrogen and oxygen atoms in total. The monoisotopic (exact) mass is 449 g/mol. The Morgan fingerprint density at radius 1 is 1.20 bits per heavy atom. The lowest BCUT2D eigenvalue weighted by molar-refractivity contribution is -0.165. The summed E-state index contributed by atoms with van der Waals surface area (Å²) in [5.74, 6) is -2.09. The number of halogens is 3. The molecule has 0 aromatic heterocycles. The Hall–Kier alpha value is -1.94. The van der Waals surface area contributed by atoms with Crippen LogP contribution in [-0.2, 0) is 26.0 Å². The van der Waals surface area contributed by atoms with Gasteiger partial charge in [-0.05, 0) is 45.1 Å². The van der Waals surface area contributed by atoms with Crippen LogP contribution < -0.4 is 4.72 Å². The van der Waals surface area contributed by atoms with E-state index in [0.29, 0.717) is 5.56 Å². The van der Waals surface area contributed by atoms with Crippen molar-refractivity contribution in [3.63, 3.8) is 0 Å². The van der Waals surface area contributed by atoms with Crippen LogP contribution in [0, 0.1) is 11.3 Å². The smallest absolute Gasteiger partial charge is 0.459 e. The minimum atomic E-state index is -5.67. The van der Waals surface area contributed by atoms with Gasteiger partial charge in [0.05, 0.1) is 0 Å². The van der Waals surface area contributed by atoms with Gasteiger partial charge in [0.25, 0.3) is 0 Å². The number of hydrogen-bond donors (Lipinski definition) is 1. The van der Waals surface area contributed by atoms with Gasteiger partial charge in [0, 0.05) is 11.6 Å². The molecule has 0 amide bonds. The average molecular weight is 449 g/mol. The molecule has 168 valence electrons. The zero-order valence-corrected chi connectivity index (χ0v) is 18.3. The topological polar surface area (TPSA) is 89.5 Å². The summed E-state index contributed by atoms with van der Waals surface area (Å²) in [5.41, 5.74) is -7.43. The van der Waals surface area contributed by atoms with E-state index >= 15 is 0 Å². The van der Waals surface area contributed by atoms with Gasteiger partial charge in [-0.3, -0.25) is 9.59 Å². The Balaban J connectivity index is 2.50. The Kier molecular flexibility index (Phi) is 6.45. The van der Waals surface area contributed by atoms with Gasteiger partial charge in [0.1, 0.15) is 11.0 Å². The number of sulfonamides is 1. The minimum absolute atomic E-state index is 0.0755. The molecule has 1 aromatic rings. The van der Waals surface area contributed by atoms with Crippen LogP contribution in [0.5, 0.6) is 0 Å². The molecular weight excluding hydrogens is 423 g/mol. The molecule has 0 fully saturated rings. The maximum atomic E-state index is 13.3. The van der Waals surface area contributed by atoms with Gasteiger partial charge in [-0.2, -0.15) is 13.2 Å². The van der Waals surface area contributed by atoms with Gasteiger partial charge < -0.3 is 4.74 Å². The first kappa shape index (κ1) is 24.3. The number of benzene rings is 1. The van der Waals surface area contributed by atoms with E-state index in [4.69, 9.17) is 4.74 Å². The van der Waals surface area contributed by atoms with E-state index < -0.39 is 56.7 Å². The first-order chi connectivity index (χ1) is 13.5. The first-order valence-corrected chi connectivity index (χ1v) is 10.9. The van der Waals surface area contributed by atoms with Crippen molar-refractivity contribution < 1.29 is 35.9 Å². The van der Waals surface area contributed by atoms with Crippen molar-refractivity contribution in [2.45, 2.75) is 64.6 Å². The van der Waals surface area contributed by atoms with Crippen molar-refractivity contribution in [2.75, 3.05) is 0 Å². The van der Waals surface area contributed by atoms with Crippen molar-refractivity contribution in [3.8, 4) is 0 Å². The van der Waals surface area contributed by atoms with Crippen LogP contribution in [0.3, 0.4) is 0 Å². The third-order valence-electron chi connectivity index (χ3n) is 4.96. The van der Waals surface area contributed by atoms with Crippen molar-refractivity contribution in [3.05, 3.63) is 35.4 Å². The van der Waals surface area contributed by atoms with Crippen molar-refractivity contribution >= 4 is 21.8 Å². The van der Waals surface area contributed by atoms with Crippen LogP contribution in [0.1, 0.15) is 57.0 Å². The highest BCUT2D eigenvalue weighted by molar-refractivity contribution is 7.90. The molecule has 0 bridgehead atoms. The molecule has 2 rings (SSSR count). The number of fused-ring (bicyclic) bond motifs is 1. The summed E-state index contributed by atoms with van der Waals surface area (Å²) in [6, 6.07) is 5.18. The van der Waals surface area contributed by atoms with Crippen LogP contribution >= 0.6 is 0 Å². The third-order valence-corrected chi connectivity index (χ3v) is 6.19. The number of Topliss-reactive ketones (excluding diaryl/α,β-unsaturated/α-hetero) is 1. The molecule has 2 atom stereocenters. The van der Waals surface area contributed by atoms with E-state index in [2.05, 4.69) is 0 Å². The first-order valence-electron chi connectivity index (χ1n) is 9.45. The fourth-order valence-corrected chi connectivity index (χ4v) is 4.29. The fraction of sp³-hybridized carbons (Fsp3) is 0.600. The van der Waals surface area contributed by atoms with Crippen LogP contribution in [0.2, 0.25) is 0 Å². The minimum Gasteiger partial charge on any atom is -0.459 e. The number of rotatable bonds is 6. The molecule has 0 radical (unpaired) electrons. The van der Waals surface area contributed by atoms with E-state index in [1.54, 1.807) is 43.7 Å². The maximum Gasteiger partial charge on any atom is 0.511 e. The largest absolute Gasteiger partial charge is 0.511 e. The molecule has 1 aromatic carbocycles. The second-order valence-corrected chi connectivity index (χ2v) is 10.6. The predicted molar refractivity (Wildman–Crippen MR) is 104 cm³/mol. The Morgan fingerprint density at radius 3 is 2.23 bits per heavy atom. The molecule has 30 heavy (non-hydrogen) atoms. The zero-order chi connectivity index (χ0) is 23.1. The van der Waals surface area contributed by atoms with Crippen LogP contribution in [0.4, 0.5) is 13.2 Å². The molecule has 0 saturated carbocycles. The molecule has 0 saturated heterocycles. The van der Waals surface area contributed by atoms with Crippen LogP contribution in [0.15, 0.2) is 24.3 Å². The lowest BCUT2D eigenvalue weighted by Gasteiger charge is -2.34. The standard InChI is InChI=1S/C20H26F3NO5S/c1-12(2)15(24-30(27,28)20(21,22)23)11-19(17(26)29-18(3,4)5)10-13-8-6-7-9-14(13)16(19)25/h6-9,12,15,24H,10-11H2,1-5H3/t15-,19+/m1/s1. The molecule has 0 aliphatic heterocycles. The number of carbonyl (C=O) groups excluding carboxylic acids is 2. The summed E-state index contributed by atoms with van der Waals surface area (Å²) < 4.78 is 69.3.